The van der Waals surface area contributed by atoms with Crippen molar-refractivity contribution in [3.63, 3.8) is 0 Å². The van der Waals surface area contributed by atoms with Crippen molar-refractivity contribution in [1.82, 2.24) is 9.47 Å². The van der Waals surface area contributed by atoms with E-state index in [4.69, 9.17) is 5.73 Å². The summed E-state index contributed by atoms with van der Waals surface area (Å²) in [7, 11) is 0. The monoisotopic (exact) mass is 481 g/mol. The van der Waals surface area contributed by atoms with Crippen molar-refractivity contribution < 1.29 is 14.4 Å². The van der Waals surface area contributed by atoms with E-state index >= 15 is 0 Å². The van der Waals surface area contributed by atoms with Gasteiger partial charge >= 0.3 is 12.1 Å². The topological polar surface area (TPSA) is 109 Å². The predicted octanol–water partition coefficient (Wildman–Crippen LogP) is 3.96. The van der Waals surface area contributed by atoms with Crippen LogP contribution in [0, 0.1) is 5.92 Å². The molecule has 2 aromatic carbocycles. The van der Waals surface area contributed by atoms with Crippen LogP contribution in [-0.2, 0) is 4.79 Å². The summed E-state index contributed by atoms with van der Waals surface area (Å²) in [6.45, 7) is 0. The molecular formula is C22H20BrN5O3. The highest BCUT2D eigenvalue weighted by atomic mass is 79.9. The number of rotatable bonds is 3. The molecule has 3 atom stereocenters. The number of halogens is 1. The zero-order chi connectivity index (χ0) is 21.7. The Morgan fingerprint density at radius 3 is 2.61 bits per heavy atom. The summed E-state index contributed by atoms with van der Waals surface area (Å²) in [6.07, 6.45) is 3.06. The van der Waals surface area contributed by atoms with Gasteiger partial charge < -0.3 is 21.3 Å². The van der Waals surface area contributed by atoms with Gasteiger partial charge in [0.2, 0.25) is 5.91 Å². The molecule has 158 valence electrons. The second-order valence-electron chi connectivity index (χ2n) is 7.92. The number of nitrogens with one attached hydrogen (secondary N) is 2. The molecular weight excluding hydrogens is 462 g/mol. The van der Waals surface area contributed by atoms with Gasteiger partial charge in [-0.1, -0.05) is 40.2 Å². The van der Waals surface area contributed by atoms with Gasteiger partial charge in [0, 0.05) is 27.8 Å². The molecule has 2 fully saturated rings. The summed E-state index contributed by atoms with van der Waals surface area (Å²) >= 11 is 3.40. The van der Waals surface area contributed by atoms with Gasteiger partial charge in [0.25, 0.3) is 0 Å². The average molecular weight is 482 g/mol. The number of hydrogen-bond donors (Lipinski definition) is 3. The maximum atomic E-state index is 13.2. The van der Waals surface area contributed by atoms with Crippen LogP contribution in [0.25, 0.3) is 10.9 Å². The largest absolute Gasteiger partial charge is 0.351 e. The van der Waals surface area contributed by atoms with Crippen molar-refractivity contribution in [2.24, 2.45) is 11.7 Å². The van der Waals surface area contributed by atoms with E-state index in [0.29, 0.717) is 34.6 Å². The number of fused-ring (bicyclic) bond motifs is 2. The van der Waals surface area contributed by atoms with E-state index in [9.17, 15) is 14.4 Å². The molecule has 2 heterocycles. The highest BCUT2D eigenvalue weighted by Crippen LogP contribution is 2.48. The molecule has 31 heavy (non-hydrogen) atoms. The third kappa shape index (κ3) is 3.54. The minimum absolute atomic E-state index is 0.0581. The SMILES string of the molecule is NC(=O)n1cc(NC(=O)N2C3CC3C[C@H]2C(=O)Nc2cccc(Br)c2)c2ccccc21. The second-order valence-corrected chi connectivity index (χ2v) is 8.84. The van der Waals surface area contributed by atoms with Gasteiger partial charge in [0.1, 0.15) is 6.04 Å². The van der Waals surface area contributed by atoms with Crippen LogP contribution >= 0.6 is 15.9 Å². The first kappa shape index (κ1) is 19.6. The molecule has 0 spiro atoms. The average Bonchev–Trinajstić information content (AvgIpc) is 3.24. The number of aromatic nitrogens is 1. The van der Waals surface area contributed by atoms with Crippen LogP contribution in [0.15, 0.2) is 59.2 Å². The Bertz CT molecular complexity index is 1220. The van der Waals surface area contributed by atoms with Crippen LogP contribution in [0.3, 0.4) is 0 Å². The van der Waals surface area contributed by atoms with Crippen molar-refractivity contribution in [2.75, 3.05) is 10.6 Å². The molecule has 9 heteroatoms. The highest BCUT2D eigenvalue weighted by Gasteiger charge is 2.56. The van der Waals surface area contributed by atoms with E-state index in [1.54, 1.807) is 23.1 Å². The fraction of sp³-hybridized carbons (Fsp3) is 0.227. The maximum absolute atomic E-state index is 13.2. The van der Waals surface area contributed by atoms with Crippen LogP contribution in [0.2, 0.25) is 0 Å². The Labute approximate surface area is 186 Å². The molecule has 1 aliphatic heterocycles. The Morgan fingerprint density at radius 2 is 1.84 bits per heavy atom. The zero-order valence-corrected chi connectivity index (χ0v) is 18.0. The van der Waals surface area contributed by atoms with Gasteiger partial charge in [-0.3, -0.25) is 9.36 Å². The molecule has 8 nitrogen and oxygen atoms in total. The van der Waals surface area contributed by atoms with Crippen molar-refractivity contribution in [1.29, 1.82) is 0 Å². The first-order valence-electron chi connectivity index (χ1n) is 9.98. The van der Waals surface area contributed by atoms with E-state index in [1.165, 1.54) is 10.8 Å². The molecule has 1 aromatic heterocycles. The highest BCUT2D eigenvalue weighted by molar-refractivity contribution is 9.10. The molecule has 2 aliphatic rings. The van der Waals surface area contributed by atoms with Gasteiger partial charge in [-0.05, 0) is 43.0 Å². The molecule has 5 rings (SSSR count). The van der Waals surface area contributed by atoms with Gasteiger partial charge in [0.15, 0.2) is 0 Å². The molecule has 1 aliphatic carbocycles. The van der Waals surface area contributed by atoms with Crippen molar-refractivity contribution in [2.45, 2.75) is 24.9 Å². The third-order valence-corrected chi connectivity index (χ3v) is 6.42. The summed E-state index contributed by atoms with van der Waals surface area (Å²) in [6, 6.07) is 13.1. The lowest BCUT2D eigenvalue weighted by atomic mass is 10.1. The molecule has 4 N–H and O–H groups in total. The van der Waals surface area contributed by atoms with E-state index in [-0.39, 0.29) is 18.0 Å². The minimum Gasteiger partial charge on any atom is -0.351 e. The van der Waals surface area contributed by atoms with Crippen LogP contribution in [0.4, 0.5) is 21.0 Å². The Kier molecular flexibility index (Phi) is 4.70. The number of urea groups is 1. The van der Waals surface area contributed by atoms with Crippen molar-refractivity contribution in [3.8, 4) is 0 Å². The first-order valence-corrected chi connectivity index (χ1v) is 10.8. The van der Waals surface area contributed by atoms with E-state index in [1.807, 2.05) is 30.3 Å². The normalized spacial score (nSPS) is 21.6. The van der Waals surface area contributed by atoms with Gasteiger partial charge in [-0.2, -0.15) is 0 Å². The Balaban J connectivity index is 1.38. The van der Waals surface area contributed by atoms with Crippen LogP contribution in [0.1, 0.15) is 12.8 Å². The first-order chi connectivity index (χ1) is 14.9. The molecule has 2 unspecified atom stereocenters. The van der Waals surface area contributed by atoms with Gasteiger partial charge in [-0.15, -0.1) is 0 Å². The number of nitrogens with zero attached hydrogens (tertiary/aromatic N) is 2. The number of nitrogens with two attached hydrogens (primary N) is 1. The molecule has 1 saturated heterocycles. The number of carbonyl (C=O) groups is 3. The second kappa shape index (κ2) is 7.42. The minimum atomic E-state index is -0.633. The number of para-hydroxylation sites is 1. The van der Waals surface area contributed by atoms with E-state index < -0.39 is 12.1 Å². The third-order valence-electron chi connectivity index (χ3n) is 5.92. The van der Waals surface area contributed by atoms with Gasteiger partial charge in [-0.25, -0.2) is 9.59 Å². The predicted molar refractivity (Wildman–Crippen MR) is 121 cm³/mol. The lowest BCUT2D eigenvalue weighted by Gasteiger charge is -2.27. The quantitative estimate of drug-likeness (QED) is 0.526. The van der Waals surface area contributed by atoms with Crippen LogP contribution < -0.4 is 16.4 Å². The van der Waals surface area contributed by atoms with E-state index in [2.05, 4.69) is 26.6 Å². The zero-order valence-electron chi connectivity index (χ0n) is 16.4. The summed E-state index contributed by atoms with van der Waals surface area (Å²) < 4.78 is 2.16. The standard InChI is InChI=1S/C22H20BrN5O3/c23-13-4-3-5-14(10-13)25-20(29)19-9-12-8-18(12)28(19)22(31)26-16-11-27(21(24)30)17-7-2-1-6-15(16)17/h1-7,10-12,18-19H,8-9H2,(H2,24,30)(H,25,29)(H,26,31)/t12?,18?,19-/m0/s1. The smallest absolute Gasteiger partial charge is 0.323 e. The molecule has 4 amide bonds. The van der Waals surface area contributed by atoms with Crippen molar-refractivity contribution in [3.05, 3.63) is 59.2 Å². The summed E-state index contributed by atoms with van der Waals surface area (Å²) in [5, 5.41) is 6.50. The fourth-order valence-corrected chi connectivity index (χ4v) is 4.81. The maximum Gasteiger partial charge on any atom is 0.323 e. The number of piperidine rings is 1. The lowest BCUT2D eigenvalue weighted by molar-refractivity contribution is -0.120. The Hall–Kier alpha value is -3.33. The summed E-state index contributed by atoms with van der Waals surface area (Å²) in [5.74, 6) is 0.135. The molecule has 0 bridgehead atoms. The number of anilines is 2. The van der Waals surface area contributed by atoms with E-state index in [0.717, 1.165) is 10.9 Å². The number of benzene rings is 2. The summed E-state index contributed by atoms with van der Waals surface area (Å²) in [4.78, 5) is 39.6. The number of primary amides is 1. The molecule has 3 aromatic rings. The summed E-state index contributed by atoms with van der Waals surface area (Å²) in [5.41, 5.74) is 7.23. The van der Waals surface area contributed by atoms with Crippen LogP contribution in [-0.4, -0.2) is 39.5 Å². The lowest BCUT2D eigenvalue weighted by Crippen LogP contribution is -2.47. The Morgan fingerprint density at radius 1 is 1.03 bits per heavy atom. The number of amides is 4. The fourth-order valence-electron chi connectivity index (χ4n) is 4.42. The number of carbonyl (C=O) groups excluding carboxylic acids is 3. The molecule has 1 saturated carbocycles. The molecule has 0 radical (unpaired) electrons. The van der Waals surface area contributed by atoms with Gasteiger partial charge in [0.05, 0.1) is 11.2 Å². The number of likely N-dealkylation sites (tertiary alicyclic amines) is 1. The number of hydrogen-bond acceptors (Lipinski definition) is 3. The van der Waals surface area contributed by atoms with Crippen molar-refractivity contribution >= 4 is 56.2 Å². The van der Waals surface area contributed by atoms with Crippen LogP contribution in [0.5, 0.6) is 0 Å².